The molecule has 8 nitrogen and oxygen atoms in total. The number of hydrogen-bond acceptors (Lipinski definition) is 6. The van der Waals surface area contributed by atoms with Crippen LogP contribution in [0.15, 0.2) is 89.8 Å². The molecule has 226 valence electrons. The van der Waals surface area contributed by atoms with Crippen molar-refractivity contribution in [3.8, 4) is 22.8 Å². The van der Waals surface area contributed by atoms with E-state index in [-0.39, 0.29) is 18.3 Å². The Labute approximate surface area is 260 Å². The predicted octanol–water partition coefficient (Wildman–Crippen LogP) is 8.17. The molecule has 1 aromatic heterocycles. The number of nitrogens with zero attached hydrogens (tertiary/aromatic N) is 5. The van der Waals surface area contributed by atoms with E-state index in [1.165, 1.54) is 52.6 Å². The van der Waals surface area contributed by atoms with Crippen LogP contribution in [0.5, 0.6) is 5.75 Å². The zero-order chi connectivity index (χ0) is 31.0. The van der Waals surface area contributed by atoms with Gasteiger partial charge in [0.1, 0.15) is 18.7 Å². The maximum atomic E-state index is 12.7. The summed E-state index contributed by atoms with van der Waals surface area (Å²) in [5.74, 6) is 1.09. The molecular weight excluding hydrogens is 615 g/mol. The fourth-order valence-electron chi connectivity index (χ4n) is 4.98. The van der Waals surface area contributed by atoms with E-state index < -0.39 is 17.8 Å². The number of hydrogen-bond donors (Lipinski definition) is 0. The normalized spacial score (nSPS) is 17.6. The Kier molecular flexibility index (Phi) is 8.12. The molecule has 3 heterocycles. The van der Waals surface area contributed by atoms with Gasteiger partial charge in [0.2, 0.25) is 0 Å². The van der Waals surface area contributed by atoms with Gasteiger partial charge in [-0.3, -0.25) is 4.90 Å². The molecule has 0 bridgehead atoms. The minimum absolute atomic E-state index is 0.0719. The molecule has 13 heteroatoms. The van der Waals surface area contributed by atoms with E-state index in [9.17, 15) is 18.0 Å². The van der Waals surface area contributed by atoms with E-state index in [0.29, 0.717) is 22.2 Å². The lowest BCUT2D eigenvalue weighted by Crippen LogP contribution is -2.27. The highest BCUT2D eigenvalue weighted by Gasteiger charge is 2.34. The summed E-state index contributed by atoms with van der Waals surface area (Å²) < 4.78 is 48.0. The van der Waals surface area contributed by atoms with Crippen LogP contribution in [0, 0.1) is 6.92 Å². The lowest BCUT2D eigenvalue weighted by Gasteiger charge is -2.30. The molecule has 44 heavy (non-hydrogen) atoms. The van der Waals surface area contributed by atoms with Gasteiger partial charge in [0, 0.05) is 22.9 Å². The molecule has 6 rings (SSSR count). The van der Waals surface area contributed by atoms with Crippen molar-refractivity contribution in [2.75, 3.05) is 17.3 Å². The highest BCUT2D eigenvalue weighted by molar-refractivity contribution is 8.14. The number of benzene rings is 3. The molecular formula is C31H25ClF3N5O3S. The minimum Gasteiger partial charge on any atom is -0.446 e. The first-order valence-corrected chi connectivity index (χ1v) is 15.0. The average Bonchev–Trinajstić information content (AvgIpc) is 3.63. The van der Waals surface area contributed by atoms with Crippen molar-refractivity contribution in [2.45, 2.75) is 31.5 Å². The first-order chi connectivity index (χ1) is 21.0. The van der Waals surface area contributed by atoms with E-state index in [1.807, 2.05) is 11.8 Å². The monoisotopic (exact) mass is 639 g/mol. The van der Waals surface area contributed by atoms with Crippen LogP contribution in [0.4, 0.5) is 23.7 Å². The number of ether oxygens (including phenoxy) is 2. The highest BCUT2D eigenvalue weighted by Crippen LogP contribution is 2.43. The van der Waals surface area contributed by atoms with Crippen LogP contribution in [0.2, 0.25) is 0 Å². The zero-order valence-corrected chi connectivity index (χ0v) is 25.0. The number of halogens is 4. The van der Waals surface area contributed by atoms with Crippen molar-refractivity contribution >= 4 is 40.3 Å². The summed E-state index contributed by atoms with van der Waals surface area (Å²) in [5.41, 5.74) is 6.39. The second-order valence-corrected chi connectivity index (χ2v) is 11.7. The van der Waals surface area contributed by atoms with E-state index in [1.54, 1.807) is 24.3 Å². The number of aliphatic imine (C=N–C) groups is 1. The number of thioether (sulfide) groups is 1. The number of fused-ring (bicyclic) bond motifs is 3. The summed E-state index contributed by atoms with van der Waals surface area (Å²) in [5, 5.41) is 4.37. The third-order valence-corrected chi connectivity index (χ3v) is 8.43. The summed E-state index contributed by atoms with van der Waals surface area (Å²) in [7, 11) is 0. The molecule has 4 aromatic rings. The molecule has 2 unspecified atom stereocenters. The fraction of sp³-hybridized carbons (Fsp3) is 0.226. The van der Waals surface area contributed by atoms with Crippen LogP contribution < -0.4 is 9.64 Å². The van der Waals surface area contributed by atoms with Gasteiger partial charge in [-0.05, 0) is 53.9 Å². The smallest absolute Gasteiger partial charge is 0.446 e. The van der Waals surface area contributed by atoms with Gasteiger partial charge in [-0.1, -0.05) is 61.2 Å². The summed E-state index contributed by atoms with van der Waals surface area (Å²) >= 11 is 8.04. The number of carbonyl (C=O) groups is 1. The molecule has 1 amide bonds. The quantitative estimate of drug-likeness (QED) is 0.197. The molecule has 2 atom stereocenters. The van der Waals surface area contributed by atoms with Crippen molar-refractivity contribution in [1.29, 1.82) is 0 Å². The van der Waals surface area contributed by atoms with Crippen molar-refractivity contribution in [1.82, 2.24) is 14.8 Å². The van der Waals surface area contributed by atoms with Crippen LogP contribution in [0.1, 0.15) is 34.9 Å². The molecule has 0 N–H and O–H groups in total. The van der Waals surface area contributed by atoms with E-state index in [0.717, 1.165) is 28.3 Å². The van der Waals surface area contributed by atoms with E-state index >= 15 is 0 Å². The van der Waals surface area contributed by atoms with Crippen molar-refractivity contribution in [3.05, 3.63) is 102 Å². The van der Waals surface area contributed by atoms with Crippen LogP contribution in [-0.2, 0) is 4.74 Å². The fourth-order valence-corrected chi connectivity index (χ4v) is 6.17. The van der Waals surface area contributed by atoms with Gasteiger partial charge >= 0.3 is 12.5 Å². The van der Waals surface area contributed by atoms with E-state index in [4.69, 9.17) is 16.3 Å². The Morgan fingerprint density at radius 3 is 2.61 bits per heavy atom. The van der Waals surface area contributed by atoms with Crippen LogP contribution in [0.3, 0.4) is 0 Å². The number of allylic oxidation sites excluding steroid dienone is 1. The maximum absolute atomic E-state index is 12.7. The van der Waals surface area contributed by atoms with Gasteiger partial charge in [-0.2, -0.15) is 4.99 Å². The van der Waals surface area contributed by atoms with Gasteiger partial charge in [-0.25, -0.2) is 14.5 Å². The second kappa shape index (κ2) is 12.0. The molecule has 2 aliphatic rings. The van der Waals surface area contributed by atoms with Crippen LogP contribution in [0.25, 0.3) is 17.1 Å². The number of alkyl halides is 4. The lowest BCUT2D eigenvalue weighted by molar-refractivity contribution is -0.274. The van der Waals surface area contributed by atoms with Crippen LogP contribution >= 0.6 is 23.4 Å². The number of rotatable bonds is 6. The molecule has 0 radical (unpaired) electrons. The Hall–Kier alpha value is -4.29. The average molecular weight is 640 g/mol. The highest BCUT2D eigenvalue weighted by atomic mass is 35.5. The second-order valence-electron chi connectivity index (χ2n) is 10.2. The van der Waals surface area contributed by atoms with Gasteiger partial charge in [0.25, 0.3) is 0 Å². The minimum atomic E-state index is -4.76. The molecule has 0 aliphatic carbocycles. The predicted molar refractivity (Wildman–Crippen MR) is 163 cm³/mol. The maximum Gasteiger partial charge on any atom is 0.573 e. The Balaban J connectivity index is 1.07. The largest absolute Gasteiger partial charge is 0.573 e. The summed E-state index contributed by atoms with van der Waals surface area (Å²) in [6, 6.07) is 18.7. The molecule has 1 fully saturated rings. The number of amidine groups is 1. The van der Waals surface area contributed by atoms with Gasteiger partial charge < -0.3 is 9.47 Å². The lowest BCUT2D eigenvalue weighted by atomic mass is 9.93. The first kappa shape index (κ1) is 29.8. The first-order valence-electron chi connectivity index (χ1n) is 13.6. The van der Waals surface area contributed by atoms with Crippen LogP contribution in [-0.4, -0.2) is 44.7 Å². The number of carbonyl (C=O) groups excluding carboxylic acids is 1. The van der Waals surface area contributed by atoms with Crippen molar-refractivity contribution < 1.29 is 27.4 Å². The summed E-state index contributed by atoms with van der Waals surface area (Å²) in [6.07, 6.45) is -1.82. The Morgan fingerprint density at radius 1 is 1.14 bits per heavy atom. The molecule has 2 aliphatic heterocycles. The molecule has 3 aromatic carbocycles. The summed E-state index contributed by atoms with van der Waals surface area (Å²) in [6.45, 7) is 4.12. The van der Waals surface area contributed by atoms with Gasteiger partial charge in [-0.15, -0.1) is 29.9 Å². The Bertz CT molecular complexity index is 1760. The topological polar surface area (TPSA) is 81.8 Å². The van der Waals surface area contributed by atoms with Gasteiger partial charge in [0.15, 0.2) is 11.0 Å². The third kappa shape index (κ3) is 6.46. The standard InChI is InChI=1S/C31H25ClF3N5O3S/c1-18-3-12-25-19(2)14-23-16-44-29(40(23)27(25)13-18)37-30(41)42-15-26(32)20-4-6-21(7-5-20)28-36-17-39(38-28)22-8-10-24(11-9-22)43-31(33,34)35/h3-14,17,19,26H,15-16H2,1-2H3/b37-29-. The van der Waals surface area contributed by atoms with E-state index in [2.05, 4.69) is 51.0 Å². The molecule has 1 saturated heterocycles. The number of anilines is 1. The van der Waals surface area contributed by atoms with Gasteiger partial charge in [0.05, 0.1) is 16.8 Å². The number of aryl methyl sites for hydroxylation is 1. The SMILES string of the molecule is Cc1ccc2c(c1)N1C(=CC2C)CS/C1=N\C(=O)OCC(Cl)c1ccc(-c2ncn(-c3ccc(OC(F)(F)F)cc3)n2)cc1. The van der Waals surface area contributed by atoms with Crippen molar-refractivity contribution in [2.24, 2.45) is 4.99 Å². The Morgan fingerprint density at radius 2 is 1.89 bits per heavy atom. The number of amides is 1. The summed E-state index contributed by atoms with van der Waals surface area (Å²) in [4.78, 5) is 23.3. The number of aromatic nitrogens is 3. The zero-order valence-electron chi connectivity index (χ0n) is 23.5. The third-order valence-electron chi connectivity index (χ3n) is 7.08. The molecule has 0 spiro atoms. The van der Waals surface area contributed by atoms with Crippen molar-refractivity contribution in [3.63, 3.8) is 0 Å². The molecule has 0 saturated carbocycles.